The molecule has 0 saturated heterocycles. The quantitative estimate of drug-likeness (QED) is 0.410. The van der Waals surface area contributed by atoms with Crippen molar-refractivity contribution in [2.24, 2.45) is 0 Å². The summed E-state index contributed by atoms with van der Waals surface area (Å²) in [4.78, 5) is 10.4. The first-order chi connectivity index (χ1) is 8.16. The molecule has 0 atom stereocenters. The third kappa shape index (κ3) is 13.1. The van der Waals surface area contributed by atoms with Gasteiger partial charge < -0.3 is 5.11 Å². The molecule has 0 radical (unpaired) electrons. The Morgan fingerprint density at radius 3 is 1.88 bits per heavy atom. The van der Waals surface area contributed by atoms with E-state index in [-0.39, 0.29) is 0 Å². The summed E-state index contributed by atoms with van der Waals surface area (Å²) in [5.74, 6) is -0.821. The van der Waals surface area contributed by atoms with E-state index >= 15 is 0 Å². The first-order valence-corrected chi connectivity index (χ1v) is 7.07. The highest BCUT2D eigenvalue weighted by Crippen LogP contribution is 2.12. The van der Waals surface area contributed by atoms with E-state index in [1.807, 2.05) is 6.92 Å². The molecule has 2 heteroatoms. The average Bonchev–Trinajstić information content (AvgIpc) is 2.26. The maximum Gasteiger partial charge on any atom is 0.328 e. The van der Waals surface area contributed by atoms with Crippen molar-refractivity contribution in [3.05, 3.63) is 11.6 Å². The first-order valence-electron chi connectivity index (χ1n) is 7.07. The zero-order valence-corrected chi connectivity index (χ0v) is 11.5. The molecule has 17 heavy (non-hydrogen) atoms. The molecule has 0 rings (SSSR count). The molecule has 0 bridgehead atoms. The Morgan fingerprint density at radius 1 is 0.941 bits per heavy atom. The first kappa shape index (κ1) is 16.2. The molecule has 0 aromatic heterocycles. The largest absolute Gasteiger partial charge is 0.478 e. The summed E-state index contributed by atoms with van der Waals surface area (Å²) < 4.78 is 0. The molecule has 0 amide bonds. The van der Waals surface area contributed by atoms with Crippen LogP contribution in [0.1, 0.15) is 78.1 Å². The molecule has 0 aliphatic carbocycles. The molecule has 0 fully saturated rings. The van der Waals surface area contributed by atoms with Gasteiger partial charge in [0.15, 0.2) is 0 Å². The Balaban J connectivity index is 3.21. The zero-order chi connectivity index (χ0) is 12.9. The Hall–Kier alpha value is -0.790. The van der Waals surface area contributed by atoms with Crippen LogP contribution in [0.3, 0.4) is 0 Å². The molecule has 0 aliphatic rings. The van der Waals surface area contributed by atoms with Crippen molar-refractivity contribution in [2.75, 3.05) is 0 Å². The lowest BCUT2D eigenvalue weighted by Crippen LogP contribution is -1.90. The van der Waals surface area contributed by atoms with Gasteiger partial charge in [-0.05, 0) is 19.8 Å². The van der Waals surface area contributed by atoms with Gasteiger partial charge in [0.1, 0.15) is 0 Å². The van der Waals surface area contributed by atoms with Crippen molar-refractivity contribution < 1.29 is 9.90 Å². The maximum absolute atomic E-state index is 10.4. The molecule has 0 aromatic rings. The third-order valence-electron chi connectivity index (χ3n) is 3.04. The average molecular weight is 240 g/mol. The predicted octanol–water partition coefficient (Wildman–Crippen LogP) is 4.94. The van der Waals surface area contributed by atoms with Crippen molar-refractivity contribution in [3.8, 4) is 0 Å². The van der Waals surface area contributed by atoms with E-state index in [0.717, 1.165) is 18.4 Å². The second-order valence-electron chi connectivity index (χ2n) is 4.91. The molecule has 2 nitrogen and oxygen atoms in total. The standard InChI is InChI=1S/C15H28O2/c1-3-4-5-6-7-8-9-10-11-12-14(2)13-15(16)17/h13H,3-12H2,1-2H3,(H,16,17)/b14-13-. The van der Waals surface area contributed by atoms with Crippen LogP contribution in [0.25, 0.3) is 0 Å². The summed E-state index contributed by atoms with van der Waals surface area (Å²) in [6, 6.07) is 0. The van der Waals surface area contributed by atoms with Crippen molar-refractivity contribution in [3.63, 3.8) is 0 Å². The van der Waals surface area contributed by atoms with Gasteiger partial charge in [0.05, 0.1) is 0 Å². The van der Waals surface area contributed by atoms with Gasteiger partial charge in [0.2, 0.25) is 0 Å². The topological polar surface area (TPSA) is 37.3 Å². The molecule has 0 spiro atoms. The molecule has 0 saturated carbocycles. The highest BCUT2D eigenvalue weighted by molar-refractivity contribution is 5.80. The SMILES string of the molecule is CCCCCCCCCCC/C(C)=C\C(=O)O. The smallest absolute Gasteiger partial charge is 0.328 e. The van der Waals surface area contributed by atoms with Crippen LogP contribution in [0, 0.1) is 0 Å². The van der Waals surface area contributed by atoms with Crippen LogP contribution >= 0.6 is 0 Å². The molecule has 0 aromatic carbocycles. The van der Waals surface area contributed by atoms with E-state index in [9.17, 15) is 4.79 Å². The number of unbranched alkanes of at least 4 members (excludes halogenated alkanes) is 8. The summed E-state index contributed by atoms with van der Waals surface area (Å²) in [7, 11) is 0. The number of rotatable bonds is 11. The van der Waals surface area contributed by atoms with E-state index in [0.29, 0.717) is 0 Å². The second kappa shape index (κ2) is 11.7. The molecular formula is C15H28O2. The van der Waals surface area contributed by atoms with Crippen LogP contribution in [-0.2, 0) is 4.79 Å². The van der Waals surface area contributed by atoms with E-state index in [1.54, 1.807) is 0 Å². The van der Waals surface area contributed by atoms with Crippen LogP contribution in [-0.4, -0.2) is 11.1 Å². The van der Waals surface area contributed by atoms with Crippen LogP contribution in [0.2, 0.25) is 0 Å². The number of carboxylic acids is 1. The Morgan fingerprint density at radius 2 is 1.41 bits per heavy atom. The minimum Gasteiger partial charge on any atom is -0.478 e. The molecule has 0 heterocycles. The Kier molecular flexibility index (Phi) is 11.1. The molecular weight excluding hydrogens is 212 g/mol. The maximum atomic E-state index is 10.4. The Labute approximate surface area is 106 Å². The monoisotopic (exact) mass is 240 g/mol. The van der Waals surface area contributed by atoms with Gasteiger partial charge in [0, 0.05) is 6.08 Å². The highest BCUT2D eigenvalue weighted by Gasteiger charge is 1.95. The summed E-state index contributed by atoms with van der Waals surface area (Å²) in [6.45, 7) is 4.14. The summed E-state index contributed by atoms with van der Waals surface area (Å²) in [5, 5.41) is 8.55. The minimum absolute atomic E-state index is 0.821. The normalized spacial score (nSPS) is 11.8. The second-order valence-corrected chi connectivity index (χ2v) is 4.91. The van der Waals surface area contributed by atoms with Crippen molar-refractivity contribution in [2.45, 2.75) is 78.1 Å². The lowest BCUT2D eigenvalue weighted by molar-refractivity contribution is -0.131. The van der Waals surface area contributed by atoms with Crippen LogP contribution in [0.4, 0.5) is 0 Å². The number of allylic oxidation sites excluding steroid dienone is 1. The van der Waals surface area contributed by atoms with Gasteiger partial charge in [0.25, 0.3) is 0 Å². The van der Waals surface area contributed by atoms with Gasteiger partial charge >= 0.3 is 5.97 Å². The number of hydrogen-bond donors (Lipinski definition) is 1. The van der Waals surface area contributed by atoms with E-state index in [4.69, 9.17) is 5.11 Å². The summed E-state index contributed by atoms with van der Waals surface area (Å²) in [6.07, 6.45) is 14.1. The van der Waals surface area contributed by atoms with Gasteiger partial charge in [-0.3, -0.25) is 0 Å². The number of carbonyl (C=O) groups is 1. The van der Waals surface area contributed by atoms with Gasteiger partial charge in [-0.1, -0.05) is 63.9 Å². The summed E-state index contributed by atoms with van der Waals surface area (Å²) >= 11 is 0. The van der Waals surface area contributed by atoms with Crippen molar-refractivity contribution in [1.82, 2.24) is 0 Å². The number of aliphatic carboxylic acids is 1. The zero-order valence-electron chi connectivity index (χ0n) is 11.5. The van der Waals surface area contributed by atoms with Crippen LogP contribution in [0.15, 0.2) is 11.6 Å². The minimum atomic E-state index is -0.821. The van der Waals surface area contributed by atoms with E-state index in [1.165, 1.54) is 57.4 Å². The van der Waals surface area contributed by atoms with Crippen LogP contribution in [0.5, 0.6) is 0 Å². The molecule has 0 unspecified atom stereocenters. The van der Waals surface area contributed by atoms with E-state index in [2.05, 4.69) is 6.92 Å². The molecule has 100 valence electrons. The molecule has 0 aliphatic heterocycles. The number of carboxylic acid groups (broad SMARTS) is 1. The fourth-order valence-corrected chi connectivity index (χ4v) is 2.00. The van der Waals surface area contributed by atoms with Crippen LogP contribution < -0.4 is 0 Å². The van der Waals surface area contributed by atoms with E-state index < -0.39 is 5.97 Å². The lowest BCUT2D eigenvalue weighted by atomic mass is 10.0. The number of hydrogen-bond acceptors (Lipinski definition) is 1. The van der Waals surface area contributed by atoms with Gasteiger partial charge in [-0.2, -0.15) is 0 Å². The predicted molar refractivity (Wildman–Crippen MR) is 73.2 cm³/mol. The van der Waals surface area contributed by atoms with Gasteiger partial charge in [-0.15, -0.1) is 0 Å². The third-order valence-corrected chi connectivity index (χ3v) is 3.04. The van der Waals surface area contributed by atoms with Crippen molar-refractivity contribution >= 4 is 5.97 Å². The molecule has 1 N–H and O–H groups in total. The summed E-state index contributed by atoms with van der Waals surface area (Å²) in [5.41, 5.74) is 0.987. The van der Waals surface area contributed by atoms with Crippen molar-refractivity contribution in [1.29, 1.82) is 0 Å². The fourth-order valence-electron chi connectivity index (χ4n) is 2.00. The fraction of sp³-hybridized carbons (Fsp3) is 0.800. The highest BCUT2D eigenvalue weighted by atomic mass is 16.4. The van der Waals surface area contributed by atoms with Gasteiger partial charge in [-0.25, -0.2) is 4.79 Å². The lowest BCUT2D eigenvalue weighted by Gasteiger charge is -2.02. The Bertz CT molecular complexity index is 219.